The number of ether oxygens (including phenoxy) is 1. The van der Waals surface area contributed by atoms with Crippen molar-refractivity contribution >= 4 is 0 Å². The summed E-state index contributed by atoms with van der Waals surface area (Å²) in [7, 11) is 1.78. The predicted molar refractivity (Wildman–Crippen MR) is 78.0 cm³/mol. The summed E-state index contributed by atoms with van der Waals surface area (Å²) < 4.78 is 5.21. The summed E-state index contributed by atoms with van der Waals surface area (Å²) in [4.78, 5) is 2.50. The quantitative estimate of drug-likeness (QED) is 0.694. The van der Waals surface area contributed by atoms with Crippen molar-refractivity contribution in [1.29, 1.82) is 5.26 Å². The standard InChI is InChI=1S/C15H29N3O/c1-4-8-17-15(2,13-16)7-5-9-18-10-6-14(11-18)12-19-3/h14,17H,4-12H2,1-3H3. The Morgan fingerprint density at radius 3 is 2.95 bits per heavy atom. The largest absolute Gasteiger partial charge is 0.384 e. The zero-order valence-electron chi connectivity index (χ0n) is 12.7. The van der Waals surface area contributed by atoms with Gasteiger partial charge in [0.25, 0.3) is 0 Å². The second kappa shape index (κ2) is 8.52. The molecular weight excluding hydrogens is 238 g/mol. The Morgan fingerprint density at radius 2 is 2.32 bits per heavy atom. The Labute approximate surface area is 118 Å². The molecule has 1 saturated heterocycles. The van der Waals surface area contributed by atoms with Crippen molar-refractivity contribution < 1.29 is 4.74 Å². The summed E-state index contributed by atoms with van der Waals surface area (Å²) in [6, 6.07) is 2.42. The van der Waals surface area contributed by atoms with E-state index in [4.69, 9.17) is 4.74 Å². The molecule has 1 N–H and O–H groups in total. The first-order chi connectivity index (χ1) is 9.13. The van der Waals surface area contributed by atoms with Crippen molar-refractivity contribution in [1.82, 2.24) is 10.2 Å². The minimum absolute atomic E-state index is 0.359. The van der Waals surface area contributed by atoms with Gasteiger partial charge in [-0.3, -0.25) is 5.32 Å². The fraction of sp³-hybridized carbons (Fsp3) is 0.933. The third-order valence-electron chi connectivity index (χ3n) is 3.94. The summed E-state index contributed by atoms with van der Waals surface area (Å²) in [5.74, 6) is 0.700. The maximum atomic E-state index is 9.27. The van der Waals surface area contributed by atoms with Crippen molar-refractivity contribution in [2.75, 3.05) is 39.9 Å². The highest BCUT2D eigenvalue weighted by atomic mass is 16.5. The molecule has 1 aliphatic heterocycles. The number of likely N-dealkylation sites (tertiary alicyclic amines) is 1. The van der Waals surface area contributed by atoms with Crippen LogP contribution >= 0.6 is 0 Å². The number of hydrogen-bond donors (Lipinski definition) is 1. The molecule has 110 valence electrons. The molecule has 1 fully saturated rings. The topological polar surface area (TPSA) is 48.3 Å². The summed E-state index contributed by atoms with van der Waals surface area (Å²) in [6.45, 7) is 9.38. The van der Waals surface area contributed by atoms with Gasteiger partial charge in [-0.15, -0.1) is 0 Å². The lowest BCUT2D eigenvalue weighted by atomic mass is 9.97. The van der Waals surface area contributed by atoms with E-state index in [1.807, 2.05) is 6.92 Å². The van der Waals surface area contributed by atoms with Crippen LogP contribution in [0.3, 0.4) is 0 Å². The molecule has 2 unspecified atom stereocenters. The first kappa shape index (κ1) is 16.4. The average molecular weight is 267 g/mol. The summed E-state index contributed by atoms with van der Waals surface area (Å²) in [6.07, 6.45) is 4.33. The normalized spacial score (nSPS) is 23.2. The SMILES string of the molecule is CCCNC(C)(C#N)CCCN1CCC(COC)C1. The van der Waals surface area contributed by atoms with E-state index in [1.165, 1.54) is 13.0 Å². The monoisotopic (exact) mass is 267 g/mol. The van der Waals surface area contributed by atoms with Crippen molar-refractivity contribution in [2.45, 2.75) is 45.1 Å². The van der Waals surface area contributed by atoms with E-state index in [-0.39, 0.29) is 5.54 Å². The Kier molecular flexibility index (Phi) is 7.37. The van der Waals surface area contributed by atoms with Crippen LogP contribution in [-0.4, -0.2) is 50.3 Å². The van der Waals surface area contributed by atoms with Gasteiger partial charge in [0.15, 0.2) is 0 Å². The zero-order chi connectivity index (χ0) is 14.1. The van der Waals surface area contributed by atoms with Gasteiger partial charge in [-0.1, -0.05) is 6.92 Å². The van der Waals surface area contributed by atoms with Crippen molar-refractivity contribution in [2.24, 2.45) is 5.92 Å². The van der Waals surface area contributed by atoms with Gasteiger partial charge in [-0.25, -0.2) is 0 Å². The molecule has 2 atom stereocenters. The molecule has 0 spiro atoms. The number of nitrogens with zero attached hydrogens (tertiary/aromatic N) is 2. The molecule has 0 bridgehead atoms. The molecular formula is C15H29N3O. The van der Waals surface area contributed by atoms with E-state index in [1.54, 1.807) is 7.11 Å². The second-order valence-electron chi connectivity index (χ2n) is 5.88. The molecule has 19 heavy (non-hydrogen) atoms. The van der Waals surface area contributed by atoms with E-state index in [2.05, 4.69) is 23.2 Å². The maximum absolute atomic E-state index is 9.27. The Bertz CT molecular complexity index is 290. The third-order valence-corrected chi connectivity index (χ3v) is 3.94. The Hall–Kier alpha value is -0.630. The summed E-state index contributed by atoms with van der Waals surface area (Å²) >= 11 is 0. The van der Waals surface area contributed by atoms with Crippen LogP contribution in [0.2, 0.25) is 0 Å². The van der Waals surface area contributed by atoms with Gasteiger partial charge >= 0.3 is 0 Å². The molecule has 0 aromatic rings. The first-order valence-electron chi connectivity index (χ1n) is 7.51. The van der Waals surface area contributed by atoms with Crippen molar-refractivity contribution in [3.05, 3.63) is 0 Å². The van der Waals surface area contributed by atoms with E-state index in [9.17, 15) is 5.26 Å². The molecule has 4 nitrogen and oxygen atoms in total. The van der Waals surface area contributed by atoms with Gasteiger partial charge in [0, 0.05) is 13.7 Å². The van der Waals surface area contributed by atoms with E-state index in [0.29, 0.717) is 5.92 Å². The van der Waals surface area contributed by atoms with E-state index < -0.39 is 0 Å². The molecule has 1 heterocycles. The van der Waals surface area contributed by atoms with Crippen molar-refractivity contribution in [3.63, 3.8) is 0 Å². The Morgan fingerprint density at radius 1 is 1.53 bits per heavy atom. The van der Waals surface area contributed by atoms with Gasteiger partial charge in [0.05, 0.1) is 12.7 Å². The minimum atomic E-state index is -0.359. The number of nitrogens with one attached hydrogen (secondary N) is 1. The van der Waals surface area contributed by atoms with Crippen LogP contribution in [0.15, 0.2) is 0 Å². The van der Waals surface area contributed by atoms with Crippen LogP contribution in [0.4, 0.5) is 0 Å². The number of hydrogen-bond acceptors (Lipinski definition) is 4. The lowest BCUT2D eigenvalue weighted by molar-refractivity contribution is 0.153. The molecule has 4 heteroatoms. The van der Waals surface area contributed by atoms with Gasteiger partial charge < -0.3 is 9.64 Å². The van der Waals surface area contributed by atoms with Gasteiger partial charge in [-0.05, 0) is 58.2 Å². The van der Waals surface area contributed by atoms with E-state index >= 15 is 0 Å². The fourth-order valence-electron chi connectivity index (χ4n) is 2.73. The third kappa shape index (κ3) is 5.90. The molecule has 0 saturated carbocycles. The number of nitriles is 1. The van der Waals surface area contributed by atoms with Crippen LogP contribution in [0.1, 0.15) is 39.5 Å². The second-order valence-corrected chi connectivity index (χ2v) is 5.88. The molecule has 0 aromatic heterocycles. The highest BCUT2D eigenvalue weighted by Gasteiger charge is 2.25. The van der Waals surface area contributed by atoms with Crippen LogP contribution in [0, 0.1) is 17.2 Å². The number of methoxy groups -OCH3 is 1. The zero-order valence-corrected chi connectivity index (χ0v) is 12.7. The fourth-order valence-corrected chi connectivity index (χ4v) is 2.73. The minimum Gasteiger partial charge on any atom is -0.384 e. The average Bonchev–Trinajstić information content (AvgIpc) is 2.85. The summed E-state index contributed by atoms with van der Waals surface area (Å²) in [5, 5.41) is 12.6. The lowest BCUT2D eigenvalue weighted by Gasteiger charge is -2.24. The molecule has 1 aliphatic rings. The highest BCUT2D eigenvalue weighted by Crippen LogP contribution is 2.18. The number of rotatable bonds is 9. The van der Waals surface area contributed by atoms with Crippen molar-refractivity contribution in [3.8, 4) is 6.07 Å². The smallest absolute Gasteiger partial charge is 0.103 e. The molecule has 0 radical (unpaired) electrons. The summed E-state index contributed by atoms with van der Waals surface area (Å²) in [5.41, 5.74) is -0.359. The van der Waals surface area contributed by atoms with Crippen LogP contribution in [0.25, 0.3) is 0 Å². The van der Waals surface area contributed by atoms with Gasteiger partial charge in [-0.2, -0.15) is 5.26 Å². The lowest BCUT2D eigenvalue weighted by Crippen LogP contribution is -2.42. The highest BCUT2D eigenvalue weighted by molar-refractivity contribution is 5.03. The molecule has 0 amide bonds. The molecule has 0 aromatic carbocycles. The molecule has 1 rings (SSSR count). The first-order valence-corrected chi connectivity index (χ1v) is 7.51. The van der Waals surface area contributed by atoms with Gasteiger partial charge in [0.2, 0.25) is 0 Å². The van der Waals surface area contributed by atoms with Gasteiger partial charge in [0.1, 0.15) is 5.54 Å². The predicted octanol–water partition coefficient (Wildman–Crippen LogP) is 2.02. The van der Waals surface area contributed by atoms with E-state index in [0.717, 1.165) is 45.5 Å². The van der Waals surface area contributed by atoms with Crippen LogP contribution in [-0.2, 0) is 4.74 Å². The van der Waals surface area contributed by atoms with Crippen LogP contribution < -0.4 is 5.32 Å². The Balaban J connectivity index is 2.21. The van der Waals surface area contributed by atoms with Crippen LogP contribution in [0.5, 0.6) is 0 Å². The molecule has 0 aliphatic carbocycles. The maximum Gasteiger partial charge on any atom is 0.103 e.